The Morgan fingerprint density at radius 3 is 2.65 bits per heavy atom. The Bertz CT molecular complexity index is 615. The summed E-state index contributed by atoms with van der Waals surface area (Å²) in [5.41, 5.74) is 1.76. The number of amides is 1. The van der Waals surface area contributed by atoms with Crippen molar-refractivity contribution in [2.24, 2.45) is 0 Å². The Hall–Kier alpha value is -1.45. The summed E-state index contributed by atoms with van der Waals surface area (Å²) in [6, 6.07) is 15.2. The number of carbonyl (C=O) groups is 1. The highest BCUT2D eigenvalue weighted by atomic mass is 35.5. The number of nitrogens with zero attached hydrogens (tertiary/aromatic N) is 1. The van der Waals surface area contributed by atoms with Gasteiger partial charge in [-0.1, -0.05) is 35.9 Å². The second-order valence-electron chi connectivity index (χ2n) is 4.49. The van der Waals surface area contributed by atoms with Gasteiger partial charge in [-0.25, -0.2) is 0 Å². The van der Waals surface area contributed by atoms with E-state index >= 15 is 0 Å². The molecule has 0 saturated carbocycles. The maximum atomic E-state index is 12.5. The van der Waals surface area contributed by atoms with Crippen LogP contribution < -0.4 is 0 Å². The van der Waals surface area contributed by atoms with E-state index in [0.29, 0.717) is 11.6 Å². The normalized spacial score (nSPS) is 10.3. The summed E-state index contributed by atoms with van der Waals surface area (Å²) in [5.74, 6) is 0.0231. The van der Waals surface area contributed by atoms with Gasteiger partial charge in [0.05, 0.1) is 5.56 Å². The minimum Gasteiger partial charge on any atom is -0.337 e. The first kappa shape index (κ1) is 14.9. The van der Waals surface area contributed by atoms with Gasteiger partial charge in [-0.2, -0.15) is 0 Å². The molecule has 0 aliphatic carbocycles. The van der Waals surface area contributed by atoms with Crippen LogP contribution in [0.3, 0.4) is 0 Å². The first-order chi connectivity index (χ1) is 9.61. The second kappa shape index (κ2) is 6.82. The minimum absolute atomic E-state index is 0.0231. The van der Waals surface area contributed by atoms with Crippen molar-refractivity contribution in [3.05, 3.63) is 64.7 Å². The van der Waals surface area contributed by atoms with E-state index in [4.69, 9.17) is 11.6 Å². The van der Waals surface area contributed by atoms with Crippen LogP contribution in [0.25, 0.3) is 0 Å². The quantitative estimate of drug-likeness (QED) is 0.783. The first-order valence-electron chi connectivity index (χ1n) is 6.24. The maximum Gasteiger partial charge on any atom is 0.255 e. The van der Waals surface area contributed by atoms with E-state index in [0.717, 1.165) is 16.0 Å². The van der Waals surface area contributed by atoms with Crippen molar-refractivity contribution in [3.8, 4) is 0 Å². The largest absolute Gasteiger partial charge is 0.337 e. The zero-order chi connectivity index (χ0) is 14.5. The lowest BCUT2D eigenvalue weighted by atomic mass is 10.1. The zero-order valence-electron chi connectivity index (χ0n) is 11.5. The molecule has 0 radical (unpaired) electrons. The van der Waals surface area contributed by atoms with Crippen molar-refractivity contribution >= 4 is 29.3 Å². The molecule has 0 aliphatic heterocycles. The molecule has 0 unspecified atom stereocenters. The van der Waals surface area contributed by atoms with Gasteiger partial charge in [0.2, 0.25) is 0 Å². The highest BCUT2D eigenvalue weighted by Crippen LogP contribution is 2.22. The van der Waals surface area contributed by atoms with Crippen LogP contribution in [0.5, 0.6) is 0 Å². The monoisotopic (exact) mass is 305 g/mol. The predicted octanol–water partition coefficient (Wildman–Crippen LogP) is 4.33. The molecule has 0 fully saturated rings. The number of hydrogen-bond donors (Lipinski definition) is 0. The highest BCUT2D eigenvalue weighted by molar-refractivity contribution is 7.98. The zero-order valence-corrected chi connectivity index (χ0v) is 13.0. The molecule has 0 atom stereocenters. The Balaban J connectivity index is 2.16. The van der Waals surface area contributed by atoms with Crippen molar-refractivity contribution in [1.29, 1.82) is 0 Å². The van der Waals surface area contributed by atoms with Crippen LogP contribution in [0.4, 0.5) is 0 Å². The third-order valence-electron chi connectivity index (χ3n) is 2.99. The van der Waals surface area contributed by atoms with Gasteiger partial charge >= 0.3 is 0 Å². The van der Waals surface area contributed by atoms with E-state index in [9.17, 15) is 4.79 Å². The molecule has 0 bridgehead atoms. The second-order valence-corrected chi connectivity index (χ2v) is 5.78. The molecule has 0 aromatic heterocycles. The van der Waals surface area contributed by atoms with E-state index in [1.165, 1.54) is 0 Å². The molecule has 0 spiro atoms. The first-order valence-corrected chi connectivity index (χ1v) is 7.85. The van der Waals surface area contributed by atoms with Gasteiger partial charge in [0.15, 0.2) is 0 Å². The summed E-state index contributed by atoms with van der Waals surface area (Å²) in [6.45, 7) is 0.544. The van der Waals surface area contributed by atoms with Crippen LogP contribution in [0, 0.1) is 0 Å². The van der Waals surface area contributed by atoms with Gasteiger partial charge < -0.3 is 4.90 Å². The van der Waals surface area contributed by atoms with Gasteiger partial charge in [0, 0.05) is 23.5 Å². The van der Waals surface area contributed by atoms with Crippen LogP contribution in [-0.4, -0.2) is 24.1 Å². The smallest absolute Gasteiger partial charge is 0.255 e. The maximum absolute atomic E-state index is 12.5. The molecule has 4 heteroatoms. The summed E-state index contributed by atoms with van der Waals surface area (Å²) in [5, 5.41) is 0.688. The van der Waals surface area contributed by atoms with Crippen molar-refractivity contribution in [3.63, 3.8) is 0 Å². The Morgan fingerprint density at radius 2 is 1.95 bits per heavy atom. The molecule has 2 aromatic rings. The third kappa shape index (κ3) is 3.56. The number of thioether (sulfide) groups is 1. The molecular formula is C16H16ClNOS. The Kier molecular flexibility index (Phi) is 5.10. The molecule has 1 amide bonds. The molecule has 2 nitrogen and oxygen atoms in total. The van der Waals surface area contributed by atoms with E-state index in [-0.39, 0.29) is 5.91 Å². The van der Waals surface area contributed by atoms with Crippen LogP contribution in [0.1, 0.15) is 15.9 Å². The van der Waals surface area contributed by atoms with Crippen molar-refractivity contribution < 1.29 is 4.79 Å². The summed E-state index contributed by atoms with van der Waals surface area (Å²) < 4.78 is 0. The molecular weight excluding hydrogens is 290 g/mol. The number of rotatable bonds is 4. The van der Waals surface area contributed by atoms with Gasteiger partial charge in [0.25, 0.3) is 5.91 Å². The van der Waals surface area contributed by atoms with E-state index < -0.39 is 0 Å². The van der Waals surface area contributed by atoms with Crippen LogP contribution in [0.2, 0.25) is 5.02 Å². The SMILES string of the molecule is CSc1ccccc1C(=O)N(C)Cc1cccc(Cl)c1. The fourth-order valence-electron chi connectivity index (χ4n) is 2.01. The summed E-state index contributed by atoms with van der Waals surface area (Å²) >= 11 is 7.55. The van der Waals surface area contributed by atoms with Gasteiger partial charge in [0.1, 0.15) is 0 Å². The van der Waals surface area contributed by atoms with Crippen LogP contribution >= 0.6 is 23.4 Å². The fraction of sp³-hybridized carbons (Fsp3) is 0.188. The predicted molar refractivity (Wildman–Crippen MR) is 85.5 cm³/mol. The summed E-state index contributed by atoms with van der Waals surface area (Å²) in [7, 11) is 1.81. The summed E-state index contributed by atoms with van der Waals surface area (Å²) in [6.07, 6.45) is 1.98. The van der Waals surface area contributed by atoms with Crippen molar-refractivity contribution in [2.45, 2.75) is 11.4 Å². The van der Waals surface area contributed by atoms with E-state index in [1.54, 1.807) is 23.7 Å². The number of halogens is 1. The van der Waals surface area contributed by atoms with Crippen LogP contribution in [0.15, 0.2) is 53.4 Å². The van der Waals surface area contributed by atoms with Gasteiger partial charge in [-0.15, -0.1) is 11.8 Å². The lowest BCUT2D eigenvalue weighted by Crippen LogP contribution is -2.26. The van der Waals surface area contributed by atoms with Crippen molar-refractivity contribution in [1.82, 2.24) is 4.90 Å². The number of carbonyl (C=O) groups excluding carboxylic acids is 1. The molecule has 0 heterocycles. The van der Waals surface area contributed by atoms with Gasteiger partial charge in [-0.05, 0) is 36.1 Å². The number of benzene rings is 2. The third-order valence-corrected chi connectivity index (χ3v) is 4.02. The molecule has 0 saturated heterocycles. The lowest BCUT2D eigenvalue weighted by Gasteiger charge is -2.19. The molecule has 104 valence electrons. The fourth-order valence-corrected chi connectivity index (χ4v) is 2.81. The summed E-state index contributed by atoms with van der Waals surface area (Å²) in [4.78, 5) is 15.2. The average Bonchev–Trinajstić information content (AvgIpc) is 2.46. The molecule has 2 rings (SSSR count). The average molecular weight is 306 g/mol. The van der Waals surface area contributed by atoms with Crippen LogP contribution in [-0.2, 0) is 6.54 Å². The molecule has 2 aromatic carbocycles. The number of hydrogen-bond acceptors (Lipinski definition) is 2. The Labute approximate surface area is 128 Å². The Morgan fingerprint density at radius 1 is 1.20 bits per heavy atom. The van der Waals surface area contributed by atoms with Gasteiger partial charge in [-0.3, -0.25) is 4.79 Å². The minimum atomic E-state index is 0.0231. The topological polar surface area (TPSA) is 20.3 Å². The van der Waals surface area contributed by atoms with Crippen molar-refractivity contribution in [2.75, 3.05) is 13.3 Å². The molecule has 0 N–H and O–H groups in total. The molecule has 0 aliphatic rings. The lowest BCUT2D eigenvalue weighted by molar-refractivity contribution is 0.0781. The van der Waals surface area contributed by atoms with E-state index in [1.807, 2.05) is 54.8 Å². The molecule has 20 heavy (non-hydrogen) atoms. The highest BCUT2D eigenvalue weighted by Gasteiger charge is 2.15. The van der Waals surface area contributed by atoms with E-state index in [2.05, 4.69) is 0 Å². The standard InChI is InChI=1S/C16H16ClNOS/c1-18(11-12-6-5-7-13(17)10-12)16(19)14-8-3-4-9-15(14)20-2/h3-10H,11H2,1-2H3.